The largest absolute Gasteiger partial charge is 0.378 e. The van der Waals surface area contributed by atoms with Gasteiger partial charge >= 0.3 is 0 Å². The van der Waals surface area contributed by atoms with Crippen molar-refractivity contribution in [2.24, 2.45) is 0 Å². The van der Waals surface area contributed by atoms with Crippen molar-refractivity contribution in [2.75, 3.05) is 19.1 Å². The highest BCUT2D eigenvalue weighted by atomic mass is 35.5. The van der Waals surface area contributed by atoms with Crippen molar-refractivity contribution in [2.45, 2.75) is 20.4 Å². The van der Waals surface area contributed by atoms with E-state index in [0.717, 1.165) is 11.5 Å². The second-order valence-corrected chi connectivity index (χ2v) is 3.61. The summed E-state index contributed by atoms with van der Waals surface area (Å²) in [5.74, 6) is 1.19. The zero-order valence-corrected chi connectivity index (χ0v) is 9.75. The molecule has 0 unspecified atom stereocenters. The van der Waals surface area contributed by atoms with Gasteiger partial charge in [0.2, 0.25) is 0 Å². The number of rotatable bonds is 5. The van der Waals surface area contributed by atoms with Crippen molar-refractivity contribution in [3.05, 3.63) is 27.9 Å². The summed E-state index contributed by atoms with van der Waals surface area (Å²) in [6.07, 6.45) is 0. The van der Waals surface area contributed by atoms with Gasteiger partial charge in [0.1, 0.15) is 5.82 Å². The number of halogens is 1. The van der Waals surface area contributed by atoms with Gasteiger partial charge in [0.15, 0.2) is 0 Å². The average Bonchev–Trinajstić information content (AvgIpc) is 2.15. The normalized spacial score (nSPS) is 10.6. The molecular formula is C10H15ClN2O2. The van der Waals surface area contributed by atoms with Crippen molar-refractivity contribution < 1.29 is 4.74 Å². The van der Waals surface area contributed by atoms with Crippen LogP contribution in [0, 0.1) is 13.8 Å². The Labute approximate surface area is 93.8 Å². The Morgan fingerprint density at radius 3 is 2.80 bits per heavy atom. The Morgan fingerprint density at radius 1 is 1.47 bits per heavy atom. The molecule has 0 fully saturated rings. The summed E-state index contributed by atoms with van der Waals surface area (Å²) in [5.41, 5.74) is 0.713. The van der Waals surface area contributed by atoms with Crippen molar-refractivity contribution in [3.8, 4) is 0 Å². The Bertz CT molecular complexity index is 376. The van der Waals surface area contributed by atoms with Crippen LogP contribution in [0.25, 0.3) is 0 Å². The highest BCUT2D eigenvalue weighted by Crippen LogP contribution is 1.93. The van der Waals surface area contributed by atoms with E-state index in [2.05, 4.69) is 4.98 Å². The Hall–Kier alpha value is -0.870. The molecular weight excluding hydrogens is 216 g/mol. The first-order chi connectivity index (χ1) is 7.15. The van der Waals surface area contributed by atoms with Gasteiger partial charge in [0, 0.05) is 17.6 Å². The first-order valence-electron chi connectivity index (χ1n) is 4.84. The van der Waals surface area contributed by atoms with Crippen LogP contribution in [0.3, 0.4) is 0 Å². The predicted molar refractivity (Wildman–Crippen MR) is 59.5 cm³/mol. The van der Waals surface area contributed by atoms with Gasteiger partial charge in [-0.1, -0.05) is 0 Å². The van der Waals surface area contributed by atoms with E-state index in [0.29, 0.717) is 25.6 Å². The number of hydrogen-bond donors (Lipinski definition) is 0. The maximum Gasteiger partial charge on any atom is 0.253 e. The standard InChI is InChI=1S/C10H15ClN2O2/c1-8-7-10(14)13(9(2)12-8)4-6-15-5-3-11/h7H,3-6H2,1-2H3. The highest BCUT2D eigenvalue weighted by Gasteiger charge is 2.02. The van der Waals surface area contributed by atoms with Crippen LogP contribution < -0.4 is 5.56 Å². The summed E-state index contributed by atoms with van der Waals surface area (Å²) in [6, 6.07) is 1.52. The first kappa shape index (κ1) is 12.2. The van der Waals surface area contributed by atoms with Crippen LogP contribution in [0.15, 0.2) is 10.9 Å². The van der Waals surface area contributed by atoms with Crippen molar-refractivity contribution in [1.29, 1.82) is 0 Å². The highest BCUT2D eigenvalue weighted by molar-refractivity contribution is 6.17. The smallest absolute Gasteiger partial charge is 0.253 e. The number of alkyl halides is 1. The Balaban J connectivity index is 2.65. The van der Waals surface area contributed by atoms with Gasteiger partial charge < -0.3 is 4.74 Å². The third-order valence-electron chi connectivity index (χ3n) is 2.01. The molecule has 4 nitrogen and oxygen atoms in total. The lowest BCUT2D eigenvalue weighted by molar-refractivity contribution is 0.139. The van der Waals surface area contributed by atoms with Crippen LogP contribution >= 0.6 is 11.6 Å². The molecule has 1 aromatic rings. The summed E-state index contributed by atoms with van der Waals surface area (Å²) in [4.78, 5) is 15.8. The number of hydrogen-bond acceptors (Lipinski definition) is 3. The minimum Gasteiger partial charge on any atom is -0.378 e. The molecule has 0 bridgehead atoms. The topological polar surface area (TPSA) is 44.1 Å². The summed E-state index contributed by atoms with van der Waals surface area (Å²) in [6.45, 7) is 5.14. The molecule has 0 N–H and O–H groups in total. The molecule has 5 heteroatoms. The summed E-state index contributed by atoms with van der Waals surface area (Å²) < 4.78 is 6.81. The molecule has 0 spiro atoms. The third kappa shape index (κ3) is 3.64. The number of nitrogens with zero attached hydrogens (tertiary/aromatic N) is 2. The van der Waals surface area contributed by atoms with Gasteiger partial charge in [-0.3, -0.25) is 9.36 Å². The Kier molecular flexibility index (Phi) is 4.78. The molecule has 0 aliphatic carbocycles. The van der Waals surface area contributed by atoms with Gasteiger partial charge in [-0.25, -0.2) is 4.98 Å². The van der Waals surface area contributed by atoms with Crippen LogP contribution in [-0.4, -0.2) is 28.6 Å². The maximum atomic E-state index is 11.6. The molecule has 15 heavy (non-hydrogen) atoms. The van der Waals surface area contributed by atoms with E-state index in [1.165, 1.54) is 6.07 Å². The predicted octanol–water partition coefficient (Wildman–Crippen LogP) is 1.12. The molecule has 0 saturated carbocycles. The second kappa shape index (κ2) is 5.88. The van der Waals surface area contributed by atoms with Crippen LogP contribution in [0.2, 0.25) is 0 Å². The molecule has 1 aromatic heterocycles. The van der Waals surface area contributed by atoms with E-state index in [9.17, 15) is 4.79 Å². The number of aromatic nitrogens is 2. The molecule has 0 saturated heterocycles. The SMILES string of the molecule is Cc1cc(=O)n(CCOCCCl)c(C)n1. The minimum absolute atomic E-state index is 0.0329. The average molecular weight is 231 g/mol. The van der Waals surface area contributed by atoms with Crippen molar-refractivity contribution in [1.82, 2.24) is 9.55 Å². The van der Waals surface area contributed by atoms with Crippen LogP contribution in [0.4, 0.5) is 0 Å². The van der Waals surface area contributed by atoms with E-state index < -0.39 is 0 Å². The van der Waals surface area contributed by atoms with Crippen LogP contribution in [0.1, 0.15) is 11.5 Å². The molecule has 0 atom stereocenters. The number of ether oxygens (including phenoxy) is 1. The van der Waals surface area contributed by atoms with E-state index in [-0.39, 0.29) is 5.56 Å². The fourth-order valence-electron chi connectivity index (χ4n) is 1.35. The monoisotopic (exact) mass is 230 g/mol. The quantitative estimate of drug-likeness (QED) is 0.562. The van der Waals surface area contributed by atoms with Gasteiger partial charge in [0.05, 0.1) is 19.8 Å². The first-order valence-corrected chi connectivity index (χ1v) is 5.37. The molecule has 1 rings (SSSR count). The van der Waals surface area contributed by atoms with E-state index in [1.807, 2.05) is 13.8 Å². The van der Waals surface area contributed by atoms with E-state index >= 15 is 0 Å². The molecule has 0 aliphatic rings. The molecule has 84 valence electrons. The maximum absolute atomic E-state index is 11.6. The lowest BCUT2D eigenvalue weighted by atomic mass is 10.4. The lowest BCUT2D eigenvalue weighted by Crippen LogP contribution is -2.25. The van der Waals surface area contributed by atoms with Crippen LogP contribution in [-0.2, 0) is 11.3 Å². The van der Waals surface area contributed by atoms with E-state index in [4.69, 9.17) is 16.3 Å². The Morgan fingerprint density at radius 2 is 2.20 bits per heavy atom. The lowest BCUT2D eigenvalue weighted by Gasteiger charge is -2.09. The summed E-state index contributed by atoms with van der Waals surface area (Å²) in [7, 11) is 0. The van der Waals surface area contributed by atoms with Crippen LogP contribution in [0.5, 0.6) is 0 Å². The third-order valence-corrected chi connectivity index (χ3v) is 2.16. The van der Waals surface area contributed by atoms with E-state index in [1.54, 1.807) is 4.57 Å². The van der Waals surface area contributed by atoms with Gasteiger partial charge in [-0.05, 0) is 13.8 Å². The van der Waals surface area contributed by atoms with Crippen molar-refractivity contribution in [3.63, 3.8) is 0 Å². The molecule has 0 aromatic carbocycles. The molecule has 0 amide bonds. The summed E-state index contributed by atoms with van der Waals surface area (Å²) in [5, 5.41) is 0. The summed E-state index contributed by atoms with van der Waals surface area (Å²) >= 11 is 5.46. The molecule has 1 heterocycles. The molecule has 0 radical (unpaired) electrons. The van der Waals surface area contributed by atoms with Crippen molar-refractivity contribution >= 4 is 11.6 Å². The zero-order valence-electron chi connectivity index (χ0n) is 8.99. The van der Waals surface area contributed by atoms with Gasteiger partial charge in [-0.2, -0.15) is 0 Å². The fraction of sp³-hybridized carbons (Fsp3) is 0.600. The van der Waals surface area contributed by atoms with Gasteiger partial charge in [0.25, 0.3) is 5.56 Å². The number of aryl methyl sites for hydroxylation is 2. The second-order valence-electron chi connectivity index (χ2n) is 3.24. The minimum atomic E-state index is -0.0329. The molecule has 0 aliphatic heterocycles. The van der Waals surface area contributed by atoms with Gasteiger partial charge in [-0.15, -0.1) is 11.6 Å². The fourth-order valence-corrected chi connectivity index (χ4v) is 1.46. The zero-order chi connectivity index (χ0) is 11.3.